The molecular formula is C16H25NO. The van der Waals surface area contributed by atoms with Gasteiger partial charge in [0.05, 0.1) is 7.11 Å². The molecule has 1 saturated carbocycles. The van der Waals surface area contributed by atoms with Crippen LogP contribution in [-0.2, 0) is 6.42 Å². The zero-order valence-electron chi connectivity index (χ0n) is 11.8. The first-order valence-electron chi connectivity index (χ1n) is 7.03. The highest BCUT2D eigenvalue weighted by Crippen LogP contribution is 2.28. The second kappa shape index (κ2) is 6.24. The van der Waals surface area contributed by atoms with Crippen LogP contribution >= 0.6 is 0 Å². The van der Waals surface area contributed by atoms with E-state index in [1.54, 1.807) is 7.11 Å². The average Bonchev–Trinajstić information content (AvgIpc) is 2.40. The van der Waals surface area contributed by atoms with E-state index in [0.717, 1.165) is 17.7 Å². The third-order valence-corrected chi connectivity index (χ3v) is 4.24. The van der Waals surface area contributed by atoms with Gasteiger partial charge in [0, 0.05) is 6.04 Å². The topological polar surface area (TPSA) is 21.3 Å². The van der Waals surface area contributed by atoms with Gasteiger partial charge in [0.15, 0.2) is 0 Å². The summed E-state index contributed by atoms with van der Waals surface area (Å²) >= 11 is 0. The number of hydrogen-bond acceptors (Lipinski definition) is 2. The van der Waals surface area contributed by atoms with E-state index in [4.69, 9.17) is 4.74 Å². The van der Waals surface area contributed by atoms with E-state index >= 15 is 0 Å². The summed E-state index contributed by atoms with van der Waals surface area (Å²) in [5.74, 6) is 1.86. The fourth-order valence-corrected chi connectivity index (χ4v) is 3.06. The minimum absolute atomic E-state index is 0.749. The number of nitrogens with one attached hydrogen (secondary N) is 1. The van der Waals surface area contributed by atoms with Gasteiger partial charge < -0.3 is 10.1 Å². The molecule has 2 heteroatoms. The smallest absolute Gasteiger partial charge is 0.121 e. The maximum absolute atomic E-state index is 5.31. The quantitative estimate of drug-likeness (QED) is 0.881. The van der Waals surface area contributed by atoms with E-state index in [1.165, 1.54) is 43.2 Å². The fourth-order valence-electron chi connectivity index (χ4n) is 3.06. The number of benzene rings is 1. The Hall–Kier alpha value is -1.02. The zero-order chi connectivity index (χ0) is 13.0. The first-order valence-corrected chi connectivity index (χ1v) is 7.03. The molecule has 2 rings (SSSR count). The molecule has 0 aromatic heterocycles. The van der Waals surface area contributed by atoms with Crippen molar-refractivity contribution in [2.75, 3.05) is 14.2 Å². The van der Waals surface area contributed by atoms with Crippen molar-refractivity contribution < 1.29 is 4.74 Å². The van der Waals surface area contributed by atoms with Crippen LogP contribution in [0, 0.1) is 12.8 Å². The second-order valence-electron chi connectivity index (χ2n) is 5.51. The molecule has 2 nitrogen and oxygen atoms in total. The van der Waals surface area contributed by atoms with Gasteiger partial charge >= 0.3 is 0 Å². The lowest BCUT2D eigenvalue weighted by Crippen LogP contribution is -2.30. The number of ether oxygens (including phenoxy) is 1. The molecule has 0 amide bonds. The van der Waals surface area contributed by atoms with E-state index in [1.807, 2.05) is 0 Å². The van der Waals surface area contributed by atoms with Gasteiger partial charge in [-0.2, -0.15) is 0 Å². The van der Waals surface area contributed by atoms with Crippen molar-refractivity contribution in [2.24, 2.45) is 5.92 Å². The summed E-state index contributed by atoms with van der Waals surface area (Å²) < 4.78 is 5.31. The highest BCUT2D eigenvalue weighted by Gasteiger charge is 2.20. The summed E-state index contributed by atoms with van der Waals surface area (Å²) in [5, 5.41) is 3.40. The lowest BCUT2D eigenvalue weighted by atomic mass is 9.82. The minimum atomic E-state index is 0.749. The zero-order valence-corrected chi connectivity index (χ0v) is 11.8. The predicted octanol–water partition coefficient (Wildman–Crippen LogP) is 3.32. The van der Waals surface area contributed by atoms with Crippen molar-refractivity contribution >= 4 is 0 Å². The summed E-state index contributed by atoms with van der Waals surface area (Å²) in [7, 11) is 3.82. The minimum Gasteiger partial charge on any atom is -0.496 e. The Balaban J connectivity index is 1.92. The summed E-state index contributed by atoms with van der Waals surface area (Å²) in [6.07, 6.45) is 6.60. The van der Waals surface area contributed by atoms with Crippen molar-refractivity contribution in [3.8, 4) is 5.75 Å². The SMILES string of the molecule is CNC1CCC(Cc2ccc(OC)c(C)c2)CC1. The summed E-state index contributed by atoms with van der Waals surface area (Å²) in [5.41, 5.74) is 2.71. The molecule has 1 aliphatic carbocycles. The molecule has 0 unspecified atom stereocenters. The first-order chi connectivity index (χ1) is 8.72. The molecule has 18 heavy (non-hydrogen) atoms. The molecule has 0 heterocycles. The lowest BCUT2D eigenvalue weighted by molar-refractivity contribution is 0.300. The number of aryl methyl sites for hydroxylation is 1. The molecule has 0 radical (unpaired) electrons. The van der Waals surface area contributed by atoms with Gasteiger partial charge in [-0.1, -0.05) is 12.1 Å². The van der Waals surface area contributed by atoms with Crippen molar-refractivity contribution in [3.05, 3.63) is 29.3 Å². The van der Waals surface area contributed by atoms with Gasteiger partial charge in [0.1, 0.15) is 5.75 Å². The van der Waals surface area contributed by atoms with Crippen LogP contribution in [0.2, 0.25) is 0 Å². The first kappa shape index (κ1) is 13.4. The van der Waals surface area contributed by atoms with E-state index in [-0.39, 0.29) is 0 Å². The highest BCUT2D eigenvalue weighted by molar-refractivity contribution is 5.36. The molecule has 0 atom stereocenters. The van der Waals surface area contributed by atoms with Gasteiger partial charge in [0.25, 0.3) is 0 Å². The van der Waals surface area contributed by atoms with Gasteiger partial charge in [-0.25, -0.2) is 0 Å². The molecule has 1 aromatic rings. The Bertz CT molecular complexity index is 381. The number of rotatable bonds is 4. The standard InChI is InChI=1S/C16H25NO/c1-12-10-14(6-9-16(12)18-3)11-13-4-7-15(17-2)8-5-13/h6,9-10,13,15,17H,4-5,7-8,11H2,1-3H3. The third kappa shape index (κ3) is 3.26. The highest BCUT2D eigenvalue weighted by atomic mass is 16.5. The third-order valence-electron chi connectivity index (χ3n) is 4.24. The van der Waals surface area contributed by atoms with Crippen LogP contribution in [0.5, 0.6) is 5.75 Å². The van der Waals surface area contributed by atoms with Crippen LogP contribution in [0.25, 0.3) is 0 Å². The summed E-state index contributed by atoms with van der Waals surface area (Å²) in [6.45, 7) is 2.13. The molecule has 1 N–H and O–H groups in total. The Morgan fingerprint density at radius 3 is 2.50 bits per heavy atom. The predicted molar refractivity (Wildman–Crippen MR) is 76.2 cm³/mol. The van der Waals surface area contributed by atoms with Gasteiger partial charge in [-0.15, -0.1) is 0 Å². The van der Waals surface area contributed by atoms with Gasteiger partial charge in [0.2, 0.25) is 0 Å². The number of methoxy groups -OCH3 is 1. The lowest BCUT2D eigenvalue weighted by Gasteiger charge is -2.28. The monoisotopic (exact) mass is 247 g/mol. The molecule has 1 aromatic carbocycles. The van der Waals surface area contributed by atoms with Gasteiger partial charge in [-0.05, 0) is 69.2 Å². The Labute approximate surface area is 111 Å². The molecule has 0 aliphatic heterocycles. The van der Waals surface area contributed by atoms with Crippen LogP contribution in [-0.4, -0.2) is 20.2 Å². The van der Waals surface area contributed by atoms with Crippen molar-refractivity contribution in [1.82, 2.24) is 5.32 Å². The molecular weight excluding hydrogens is 222 g/mol. The van der Waals surface area contributed by atoms with E-state index in [2.05, 4.69) is 37.5 Å². The summed E-state index contributed by atoms with van der Waals surface area (Å²) in [6, 6.07) is 7.35. The van der Waals surface area contributed by atoms with Crippen molar-refractivity contribution in [1.29, 1.82) is 0 Å². The van der Waals surface area contributed by atoms with Crippen LogP contribution in [0.15, 0.2) is 18.2 Å². The van der Waals surface area contributed by atoms with E-state index in [0.29, 0.717) is 0 Å². The van der Waals surface area contributed by atoms with Crippen LogP contribution < -0.4 is 10.1 Å². The van der Waals surface area contributed by atoms with Crippen molar-refractivity contribution in [3.63, 3.8) is 0 Å². The van der Waals surface area contributed by atoms with Crippen LogP contribution in [0.4, 0.5) is 0 Å². The summed E-state index contributed by atoms with van der Waals surface area (Å²) in [4.78, 5) is 0. The largest absolute Gasteiger partial charge is 0.496 e. The van der Waals surface area contributed by atoms with Crippen molar-refractivity contribution in [2.45, 2.75) is 45.1 Å². The van der Waals surface area contributed by atoms with Crippen LogP contribution in [0.3, 0.4) is 0 Å². The molecule has 100 valence electrons. The Morgan fingerprint density at radius 1 is 1.22 bits per heavy atom. The normalized spacial score (nSPS) is 23.9. The maximum Gasteiger partial charge on any atom is 0.121 e. The molecule has 0 spiro atoms. The Kier molecular flexibility index (Phi) is 4.65. The Morgan fingerprint density at radius 2 is 1.94 bits per heavy atom. The molecule has 1 aliphatic rings. The van der Waals surface area contributed by atoms with Crippen LogP contribution in [0.1, 0.15) is 36.8 Å². The molecule has 0 bridgehead atoms. The van der Waals surface area contributed by atoms with E-state index < -0.39 is 0 Å². The fraction of sp³-hybridized carbons (Fsp3) is 0.625. The maximum atomic E-state index is 5.31. The average molecular weight is 247 g/mol. The van der Waals surface area contributed by atoms with Gasteiger partial charge in [-0.3, -0.25) is 0 Å². The second-order valence-corrected chi connectivity index (χ2v) is 5.51. The molecule has 1 fully saturated rings. The van der Waals surface area contributed by atoms with E-state index in [9.17, 15) is 0 Å². The number of hydrogen-bond donors (Lipinski definition) is 1. The molecule has 0 saturated heterocycles.